The van der Waals surface area contributed by atoms with E-state index in [1.54, 1.807) is 23.3 Å². The fraction of sp³-hybridized carbons (Fsp3) is 0.286. The van der Waals surface area contributed by atoms with Crippen LogP contribution in [0.25, 0.3) is 0 Å². The van der Waals surface area contributed by atoms with Gasteiger partial charge in [-0.2, -0.15) is 0 Å². The molecule has 2 heterocycles. The van der Waals surface area contributed by atoms with Crippen LogP contribution in [0.5, 0.6) is 0 Å². The van der Waals surface area contributed by atoms with Crippen LogP contribution in [0, 0.1) is 0 Å². The summed E-state index contributed by atoms with van der Waals surface area (Å²) in [5, 5.41) is 1.98. The average Bonchev–Trinajstić information content (AvgIpc) is 2.95. The van der Waals surface area contributed by atoms with Gasteiger partial charge in [0.2, 0.25) is 5.91 Å². The summed E-state index contributed by atoms with van der Waals surface area (Å²) in [6.45, 7) is 1.96. The standard InChI is InChI=1S/C14H17N3O2S/c1-10(12-4-3-7-20-12)16(2)14(19)9-17-8-11(15)5-6-13(17)18/h3-8,10H,9,15H2,1-2H3. The van der Waals surface area contributed by atoms with E-state index in [1.165, 1.54) is 22.9 Å². The number of carbonyl (C=O) groups excluding carboxylic acids is 1. The fourth-order valence-corrected chi connectivity index (χ4v) is 2.69. The van der Waals surface area contributed by atoms with Gasteiger partial charge in [0.25, 0.3) is 5.56 Å². The minimum absolute atomic E-state index is 0.00388. The van der Waals surface area contributed by atoms with Crippen LogP contribution in [0.3, 0.4) is 0 Å². The highest BCUT2D eigenvalue weighted by atomic mass is 32.1. The molecule has 0 aliphatic carbocycles. The second-order valence-corrected chi connectivity index (χ2v) is 5.60. The third-order valence-corrected chi connectivity index (χ3v) is 4.28. The number of aromatic nitrogens is 1. The quantitative estimate of drug-likeness (QED) is 0.932. The molecular weight excluding hydrogens is 274 g/mol. The predicted octanol–water partition coefficient (Wildman–Crippen LogP) is 1.71. The van der Waals surface area contributed by atoms with Crippen molar-refractivity contribution in [1.82, 2.24) is 9.47 Å². The molecule has 0 spiro atoms. The Bertz CT molecular complexity index is 649. The lowest BCUT2D eigenvalue weighted by Gasteiger charge is -2.24. The molecule has 6 heteroatoms. The first-order chi connectivity index (χ1) is 9.49. The summed E-state index contributed by atoms with van der Waals surface area (Å²) in [6, 6.07) is 6.83. The summed E-state index contributed by atoms with van der Waals surface area (Å²) in [7, 11) is 1.74. The van der Waals surface area contributed by atoms with Gasteiger partial charge < -0.3 is 15.2 Å². The van der Waals surface area contributed by atoms with Crippen molar-refractivity contribution in [3.8, 4) is 0 Å². The van der Waals surface area contributed by atoms with Gasteiger partial charge >= 0.3 is 0 Å². The van der Waals surface area contributed by atoms with E-state index in [1.807, 2.05) is 24.4 Å². The number of nitrogens with two attached hydrogens (primary N) is 1. The Balaban J connectivity index is 2.12. The van der Waals surface area contributed by atoms with Crippen molar-refractivity contribution in [1.29, 1.82) is 0 Å². The summed E-state index contributed by atoms with van der Waals surface area (Å²) in [5.74, 6) is -0.126. The van der Waals surface area contributed by atoms with Crippen LogP contribution in [-0.2, 0) is 11.3 Å². The van der Waals surface area contributed by atoms with Gasteiger partial charge in [0.05, 0.1) is 6.04 Å². The summed E-state index contributed by atoms with van der Waals surface area (Å²) in [4.78, 5) is 26.7. The Morgan fingerprint density at radius 2 is 2.20 bits per heavy atom. The van der Waals surface area contributed by atoms with Crippen LogP contribution in [0.1, 0.15) is 17.8 Å². The maximum absolute atomic E-state index is 12.2. The molecule has 0 aliphatic rings. The van der Waals surface area contributed by atoms with Gasteiger partial charge in [-0.25, -0.2) is 0 Å². The summed E-state index contributed by atoms with van der Waals surface area (Å²) in [5.41, 5.74) is 5.87. The van der Waals surface area contributed by atoms with E-state index in [9.17, 15) is 9.59 Å². The van der Waals surface area contributed by atoms with Crippen LogP contribution in [0.4, 0.5) is 5.69 Å². The van der Waals surface area contributed by atoms with E-state index < -0.39 is 0 Å². The number of hydrogen-bond acceptors (Lipinski definition) is 4. The zero-order chi connectivity index (χ0) is 14.7. The van der Waals surface area contributed by atoms with E-state index in [-0.39, 0.29) is 24.1 Å². The molecule has 2 rings (SSSR count). The lowest BCUT2D eigenvalue weighted by molar-refractivity contribution is -0.132. The molecule has 1 amide bonds. The second-order valence-electron chi connectivity index (χ2n) is 4.62. The van der Waals surface area contributed by atoms with E-state index in [4.69, 9.17) is 5.73 Å². The van der Waals surface area contributed by atoms with Gasteiger partial charge in [0.1, 0.15) is 6.54 Å². The van der Waals surface area contributed by atoms with Crippen molar-refractivity contribution in [2.75, 3.05) is 12.8 Å². The Kier molecular flexibility index (Phi) is 4.24. The zero-order valence-corrected chi connectivity index (χ0v) is 12.3. The molecule has 2 aromatic heterocycles. The van der Waals surface area contributed by atoms with E-state index in [0.717, 1.165) is 4.88 Å². The smallest absolute Gasteiger partial charge is 0.251 e. The third-order valence-electron chi connectivity index (χ3n) is 3.24. The van der Waals surface area contributed by atoms with Gasteiger partial charge in [-0.05, 0) is 24.4 Å². The highest BCUT2D eigenvalue weighted by molar-refractivity contribution is 7.10. The molecule has 5 nitrogen and oxygen atoms in total. The lowest BCUT2D eigenvalue weighted by Crippen LogP contribution is -2.35. The SMILES string of the molecule is CC(c1cccs1)N(C)C(=O)Cn1cc(N)ccc1=O. The van der Waals surface area contributed by atoms with Gasteiger partial charge in [-0.15, -0.1) is 11.3 Å². The number of nitrogen functional groups attached to an aromatic ring is 1. The number of anilines is 1. The van der Waals surface area contributed by atoms with Crippen LogP contribution >= 0.6 is 11.3 Å². The normalized spacial score (nSPS) is 12.1. The molecule has 1 unspecified atom stereocenters. The fourth-order valence-electron chi connectivity index (χ4n) is 1.87. The molecular formula is C14H17N3O2S. The number of carbonyl (C=O) groups is 1. The Morgan fingerprint density at radius 3 is 2.85 bits per heavy atom. The summed E-state index contributed by atoms with van der Waals surface area (Å²) < 4.78 is 1.33. The highest BCUT2D eigenvalue weighted by Gasteiger charge is 2.18. The number of nitrogens with zero attached hydrogens (tertiary/aromatic N) is 2. The third kappa shape index (κ3) is 3.08. The Morgan fingerprint density at radius 1 is 1.45 bits per heavy atom. The Labute approximate surface area is 121 Å². The molecule has 20 heavy (non-hydrogen) atoms. The van der Waals surface area contributed by atoms with Crippen molar-refractivity contribution in [3.05, 3.63) is 51.1 Å². The molecule has 2 aromatic rings. The Hall–Kier alpha value is -2.08. The van der Waals surface area contributed by atoms with E-state index >= 15 is 0 Å². The number of thiophene rings is 1. The predicted molar refractivity (Wildman–Crippen MR) is 80.6 cm³/mol. The molecule has 2 N–H and O–H groups in total. The topological polar surface area (TPSA) is 68.3 Å². The summed E-state index contributed by atoms with van der Waals surface area (Å²) >= 11 is 1.61. The van der Waals surface area contributed by atoms with Gasteiger partial charge in [0, 0.05) is 29.9 Å². The molecule has 0 saturated carbocycles. The molecule has 0 aliphatic heterocycles. The minimum atomic E-state index is -0.232. The van der Waals surface area contributed by atoms with E-state index in [2.05, 4.69) is 0 Å². The number of rotatable bonds is 4. The van der Waals surface area contributed by atoms with Gasteiger partial charge in [-0.1, -0.05) is 6.07 Å². The van der Waals surface area contributed by atoms with Crippen LogP contribution in [0.2, 0.25) is 0 Å². The van der Waals surface area contributed by atoms with Crippen molar-refractivity contribution >= 4 is 22.9 Å². The van der Waals surface area contributed by atoms with Crippen LogP contribution in [-0.4, -0.2) is 22.4 Å². The number of pyridine rings is 1. The van der Waals surface area contributed by atoms with Crippen molar-refractivity contribution in [2.45, 2.75) is 19.5 Å². The number of likely N-dealkylation sites (N-methyl/N-ethyl adjacent to an activating group) is 1. The second kappa shape index (κ2) is 5.92. The summed E-state index contributed by atoms with van der Waals surface area (Å²) in [6.07, 6.45) is 1.49. The molecule has 0 radical (unpaired) electrons. The first-order valence-electron chi connectivity index (χ1n) is 6.24. The molecule has 0 bridgehead atoms. The van der Waals surface area contributed by atoms with Gasteiger partial charge in [-0.3, -0.25) is 9.59 Å². The number of amides is 1. The zero-order valence-electron chi connectivity index (χ0n) is 11.4. The highest BCUT2D eigenvalue weighted by Crippen LogP contribution is 2.23. The number of hydrogen-bond donors (Lipinski definition) is 1. The van der Waals surface area contributed by atoms with Gasteiger partial charge in [0.15, 0.2) is 0 Å². The largest absolute Gasteiger partial charge is 0.398 e. The van der Waals surface area contributed by atoms with Crippen molar-refractivity contribution in [2.24, 2.45) is 0 Å². The van der Waals surface area contributed by atoms with Crippen LogP contribution < -0.4 is 11.3 Å². The molecule has 1 atom stereocenters. The first kappa shape index (κ1) is 14.3. The maximum Gasteiger partial charge on any atom is 0.251 e. The maximum atomic E-state index is 12.2. The minimum Gasteiger partial charge on any atom is -0.398 e. The van der Waals surface area contributed by atoms with E-state index in [0.29, 0.717) is 5.69 Å². The molecule has 0 aromatic carbocycles. The monoisotopic (exact) mass is 291 g/mol. The average molecular weight is 291 g/mol. The first-order valence-corrected chi connectivity index (χ1v) is 7.12. The molecule has 0 saturated heterocycles. The van der Waals surface area contributed by atoms with Crippen molar-refractivity contribution < 1.29 is 4.79 Å². The lowest BCUT2D eigenvalue weighted by atomic mass is 10.2. The van der Waals surface area contributed by atoms with Crippen molar-refractivity contribution in [3.63, 3.8) is 0 Å². The molecule has 0 fully saturated rings. The van der Waals surface area contributed by atoms with Crippen LogP contribution in [0.15, 0.2) is 40.6 Å². The molecule has 106 valence electrons.